The van der Waals surface area contributed by atoms with Crippen LogP contribution in [0.25, 0.3) is 0 Å². The van der Waals surface area contributed by atoms with Crippen LogP contribution in [0.2, 0.25) is 0 Å². The summed E-state index contributed by atoms with van der Waals surface area (Å²) in [7, 11) is 0. The van der Waals surface area contributed by atoms with Crippen molar-refractivity contribution in [3.63, 3.8) is 0 Å². The van der Waals surface area contributed by atoms with Crippen LogP contribution in [-0.4, -0.2) is 58.7 Å². The monoisotopic (exact) mass is 403 g/mol. The Kier molecular flexibility index (Phi) is 12.7. The van der Waals surface area contributed by atoms with E-state index in [0.717, 1.165) is 12.8 Å². The molecule has 0 aromatic heterocycles. The first kappa shape index (κ1) is 30.0. The van der Waals surface area contributed by atoms with Crippen molar-refractivity contribution in [2.75, 3.05) is 26.3 Å². The molecular formula is C24H53NO3. The summed E-state index contributed by atoms with van der Waals surface area (Å²) in [6.07, 6.45) is 1.29. The van der Waals surface area contributed by atoms with E-state index in [-0.39, 0.29) is 40.9 Å². The van der Waals surface area contributed by atoms with Gasteiger partial charge in [-0.2, -0.15) is 0 Å². The smallest absolute Gasteiger partial charge is 0.0751 e. The quantitative estimate of drug-likeness (QED) is 0.483. The number of hydrogen-bond donors (Lipinski definition) is 3. The third-order valence-corrected chi connectivity index (χ3v) is 5.04. The van der Waals surface area contributed by atoms with Crippen LogP contribution in [0.1, 0.15) is 95.9 Å². The highest BCUT2D eigenvalue weighted by Crippen LogP contribution is 2.45. The molecule has 0 aliphatic carbocycles. The fourth-order valence-electron chi connectivity index (χ4n) is 5.14. The van der Waals surface area contributed by atoms with E-state index in [4.69, 9.17) is 0 Å². The van der Waals surface area contributed by atoms with Gasteiger partial charge in [-0.3, -0.25) is 4.90 Å². The molecule has 0 rings (SSSR count). The lowest BCUT2D eigenvalue weighted by atomic mass is 9.63. The maximum Gasteiger partial charge on any atom is 0.0751 e. The molecule has 0 aliphatic heterocycles. The van der Waals surface area contributed by atoms with Crippen LogP contribution in [0.4, 0.5) is 0 Å². The fourth-order valence-corrected chi connectivity index (χ4v) is 5.14. The number of nitrogens with zero attached hydrogens (tertiary/aromatic N) is 1. The molecule has 172 valence electrons. The van der Waals surface area contributed by atoms with Gasteiger partial charge in [0.25, 0.3) is 0 Å². The molecule has 0 aromatic carbocycles. The molecule has 28 heavy (non-hydrogen) atoms. The van der Waals surface area contributed by atoms with E-state index in [2.05, 4.69) is 74.1 Å². The minimum atomic E-state index is -0.558. The lowest BCUT2D eigenvalue weighted by Crippen LogP contribution is -2.59. The number of aliphatic hydroxyl groups is 3. The molecule has 0 saturated carbocycles. The maximum atomic E-state index is 11.6. The van der Waals surface area contributed by atoms with Crippen molar-refractivity contribution >= 4 is 0 Å². The van der Waals surface area contributed by atoms with Crippen molar-refractivity contribution in [2.24, 2.45) is 21.7 Å². The van der Waals surface area contributed by atoms with Crippen molar-refractivity contribution in [3.05, 3.63) is 0 Å². The highest BCUT2D eigenvalue weighted by Gasteiger charge is 2.47. The molecule has 0 fully saturated rings. The summed E-state index contributed by atoms with van der Waals surface area (Å²) in [6, 6.07) is -0.140. The van der Waals surface area contributed by atoms with Gasteiger partial charge in [-0.15, -0.1) is 0 Å². The normalized spacial score (nSPS) is 15.9. The Hall–Kier alpha value is -0.160. The second-order valence-corrected chi connectivity index (χ2v) is 11.8. The average molecular weight is 404 g/mol. The summed E-state index contributed by atoms with van der Waals surface area (Å²) in [5.74, 6) is 0. The Bertz CT molecular complexity index is 399. The Labute approximate surface area is 176 Å². The molecule has 0 amide bonds. The van der Waals surface area contributed by atoms with E-state index in [1.54, 1.807) is 0 Å². The second-order valence-electron chi connectivity index (χ2n) is 11.8. The van der Waals surface area contributed by atoms with Crippen LogP contribution in [-0.2, 0) is 0 Å². The molecule has 0 radical (unpaired) electrons. The maximum absolute atomic E-state index is 11.6. The minimum absolute atomic E-state index is 0.0223. The van der Waals surface area contributed by atoms with E-state index in [0.29, 0.717) is 13.1 Å². The SMILES string of the molecule is CC.CC(C)(C)CC(C)(C)C(O)C(N(CCO)CCO)C(C)(C)CC(C)(C)C. The van der Waals surface area contributed by atoms with Crippen LogP contribution in [0.15, 0.2) is 0 Å². The zero-order valence-corrected chi connectivity index (χ0v) is 21.2. The predicted octanol–water partition coefficient (Wildman–Crippen LogP) is 4.95. The Morgan fingerprint density at radius 3 is 1.25 bits per heavy atom. The molecule has 2 atom stereocenters. The number of aliphatic hydroxyl groups excluding tert-OH is 3. The summed E-state index contributed by atoms with van der Waals surface area (Å²) >= 11 is 0. The van der Waals surface area contributed by atoms with Crippen molar-refractivity contribution in [3.8, 4) is 0 Å². The second kappa shape index (κ2) is 11.9. The van der Waals surface area contributed by atoms with Gasteiger partial charge in [0.05, 0.1) is 19.3 Å². The van der Waals surface area contributed by atoms with Crippen LogP contribution in [0.5, 0.6) is 0 Å². The molecule has 2 unspecified atom stereocenters. The topological polar surface area (TPSA) is 63.9 Å². The minimum Gasteiger partial charge on any atom is -0.395 e. The van der Waals surface area contributed by atoms with Crippen LogP contribution in [0, 0.1) is 21.7 Å². The van der Waals surface area contributed by atoms with Gasteiger partial charge < -0.3 is 15.3 Å². The highest BCUT2D eigenvalue weighted by atomic mass is 16.3. The van der Waals surface area contributed by atoms with E-state index in [1.807, 2.05) is 13.8 Å². The molecule has 3 N–H and O–H groups in total. The third kappa shape index (κ3) is 11.1. The molecule has 0 bridgehead atoms. The first-order valence-electron chi connectivity index (χ1n) is 11.1. The van der Waals surface area contributed by atoms with E-state index >= 15 is 0 Å². The molecule has 4 nitrogen and oxygen atoms in total. The first-order valence-corrected chi connectivity index (χ1v) is 11.1. The van der Waals surface area contributed by atoms with Gasteiger partial charge in [0.15, 0.2) is 0 Å². The molecule has 0 aliphatic rings. The third-order valence-electron chi connectivity index (χ3n) is 5.04. The zero-order valence-electron chi connectivity index (χ0n) is 21.2. The van der Waals surface area contributed by atoms with Crippen LogP contribution in [0.3, 0.4) is 0 Å². The number of hydrogen-bond acceptors (Lipinski definition) is 4. The van der Waals surface area contributed by atoms with Crippen molar-refractivity contribution < 1.29 is 15.3 Å². The van der Waals surface area contributed by atoms with Gasteiger partial charge in [0.2, 0.25) is 0 Å². The van der Waals surface area contributed by atoms with E-state index in [1.165, 1.54) is 0 Å². The van der Waals surface area contributed by atoms with Crippen LogP contribution >= 0.6 is 0 Å². The highest BCUT2D eigenvalue weighted by molar-refractivity contribution is 4.99. The summed E-state index contributed by atoms with van der Waals surface area (Å²) < 4.78 is 0. The summed E-state index contributed by atoms with van der Waals surface area (Å²) in [4.78, 5) is 2.08. The molecule has 0 heterocycles. The largest absolute Gasteiger partial charge is 0.395 e. The van der Waals surface area contributed by atoms with Gasteiger partial charge in [-0.1, -0.05) is 83.1 Å². The standard InChI is InChI=1S/C22H47NO3.C2H6/c1-19(2,3)15-21(7,8)17(23(11-13-24)12-14-25)18(26)22(9,10)16-20(4,5)6;1-2/h17-18,24-26H,11-16H2,1-10H3;1-2H3. The van der Waals surface area contributed by atoms with Crippen LogP contribution < -0.4 is 0 Å². The van der Waals surface area contributed by atoms with E-state index < -0.39 is 6.10 Å². The molecule has 0 spiro atoms. The summed E-state index contributed by atoms with van der Waals surface area (Å²) in [6.45, 7) is 26.9. The Balaban J connectivity index is 0. The predicted molar refractivity (Wildman–Crippen MR) is 123 cm³/mol. The van der Waals surface area contributed by atoms with Crippen molar-refractivity contribution in [1.29, 1.82) is 0 Å². The van der Waals surface area contributed by atoms with Gasteiger partial charge in [0, 0.05) is 19.1 Å². The van der Waals surface area contributed by atoms with E-state index in [9.17, 15) is 15.3 Å². The van der Waals surface area contributed by atoms with Crippen molar-refractivity contribution in [2.45, 2.75) is 108 Å². The molecular weight excluding hydrogens is 350 g/mol. The van der Waals surface area contributed by atoms with Gasteiger partial charge in [-0.25, -0.2) is 0 Å². The first-order chi connectivity index (χ1) is 12.5. The van der Waals surface area contributed by atoms with Crippen molar-refractivity contribution in [1.82, 2.24) is 4.90 Å². The molecule has 0 saturated heterocycles. The molecule has 4 heteroatoms. The molecule has 0 aromatic rings. The average Bonchev–Trinajstić information content (AvgIpc) is 2.44. The lowest BCUT2D eigenvalue weighted by Gasteiger charge is -2.51. The Morgan fingerprint density at radius 2 is 0.964 bits per heavy atom. The van der Waals surface area contributed by atoms with Gasteiger partial charge in [-0.05, 0) is 34.5 Å². The van der Waals surface area contributed by atoms with Gasteiger partial charge in [0.1, 0.15) is 0 Å². The summed E-state index contributed by atoms with van der Waals surface area (Å²) in [5.41, 5.74) is -0.208. The Morgan fingerprint density at radius 1 is 0.643 bits per heavy atom. The fraction of sp³-hybridized carbons (Fsp3) is 1.00. The lowest BCUT2D eigenvalue weighted by molar-refractivity contribution is -0.0968. The number of rotatable bonds is 10. The zero-order chi connectivity index (χ0) is 23.0. The summed E-state index contributed by atoms with van der Waals surface area (Å²) in [5, 5.41) is 30.7. The van der Waals surface area contributed by atoms with Gasteiger partial charge >= 0.3 is 0 Å².